The molecule has 0 fully saturated rings. The molecule has 1 heteroatoms. The Hall–Kier alpha value is -1.11. The normalized spacial score (nSPS) is 19.5. The van der Waals surface area contributed by atoms with Crippen LogP contribution in [0.5, 0.6) is 0 Å². The summed E-state index contributed by atoms with van der Waals surface area (Å²) in [5, 5.41) is 0. The lowest BCUT2D eigenvalue weighted by Gasteiger charge is -2.16. The maximum atomic E-state index is 4.68. The zero-order valence-electron chi connectivity index (χ0n) is 9.17. The minimum Gasteiger partial charge on any atom is -0.257 e. The molecule has 0 saturated heterocycles. The van der Waals surface area contributed by atoms with Gasteiger partial charge in [-0.1, -0.05) is 26.0 Å². The van der Waals surface area contributed by atoms with Crippen molar-refractivity contribution in [3.8, 4) is 0 Å². The van der Waals surface area contributed by atoms with Gasteiger partial charge in [0, 0.05) is 11.4 Å². The molecule has 0 spiro atoms. The number of allylic oxidation sites excluding steroid dienone is 1. The van der Waals surface area contributed by atoms with Crippen molar-refractivity contribution < 1.29 is 0 Å². The van der Waals surface area contributed by atoms with Crippen LogP contribution in [0.3, 0.4) is 0 Å². The lowest BCUT2D eigenvalue weighted by molar-refractivity contribution is 0.695. The first kappa shape index (κ1) is 9.45. The smallest absolute Gasteiger partial charge is 0.0484 e. The molecule has 0 aliphatic heterocycles. The van der Waals surface area contributed by atoms with Gasteiger partial charge in [0.05, 0.1) is 0 Å². The number of hydrogen-bond donors (Lipinski definition) is 0. The average molecular weight is 187 g/mol. The molecule has 0 amide bonds. The van der Waals surface area contributed by atoms with Gasteiger partial charge in [-0.3, -0.25) is 4.98 Å². The highest BCUT2D eigenvalue weighted by atomic mass is 14.7. The molecule has 1 unspecified atom stereocenters. The van der Waals surface area contributed by atoms with Crippen LogP contribution in [0, 0.1) is 12.8 Å². The third kappa shape index (κ3) is 1.59. The topological polar surface area (TPSA) is 12.9 Å². The second kappa shape index (κ2) is 3.56. The molecule has 1 heterocycles. The molecule has 1 atom stereocenters. The molecule has 1 aromatic heterocycles. The van der Waals surface area contributed by atoms with Gasteiger partial charge in [-0.25, -0.2) is 0 Å². The minimum absolute atomic E-state index is 0.641. The van der Waals surface area contributed by atoms with E-state index in [0.29, 0.717) is 5.92 Å². The first-order valence-electron chi connectivity index (χ1n) is 5.38. The number of pyridine rings is 1. The van der Waals surface area contributed by atoms with Crippen molar-refractivity contribution in [2.45, 2.75) is 33.6 Å². The number of nitrogens with zero attached hydrogens (tertiary/aromatic N) is 1. The molecule has 0 radical (unpaired) electrons. The van der Waals surface area contributed by atoms with Gasteiger partial charge in [-0.2, -0.15) is 0 Å². The Kier molecular flexibility index (Phi) is 2.40. The fourth-order valence-corrected chi connectivity index (χ4v) is 2.02. The van der Waals surface area contributed by atoms with E-state index < -0.39 is 0 Å². The highest BCUT2D eigenvalue weighted by Crippen LogP contribution is 2.23. The van der Waals surface area contributed by atoms with Gasteiger partial charge in [-0.05, 0) is 42.9 Å². The number of fused-ring (bicyclic) bond motifs is 1. The van der Waals surface area contributed by atoms with E-state index in [2.05, 4.69) is 44.0 Å². The number of hydrogen-bond acceptors (Lipinski definition) is 1. The molecule has 1 aliphatic rings. The van der Waals surface area contributed by atoms with Gasteiger partial charge in [0.1, 0.15) is 0 Å². The molecule has 2 rings (SSSR count). The summed E-state index contributed by atoms with van der Waals surface area (Å²) in [5.74, 6) is 0.641. The predicted octanol–water partition coefficient (Wildman–Crippen LogP) is 3.16. The summed E-state index contributed by atoms with van der Waals surface area (Å²) in [6.07, 6.45) is 6.67. The van der Waals surface area contributed by atoms with Crippen LogP contribution in [-0.4, -0.2) is 4.98 Å². The molecule has 0 saturated carbocycles. The van der Waals surface area contributed by atoms with Crippen molar-refractivity contribution in [1.29, 1.82) is 0 Å². The van der Waals surface area contributed by atoms with E-state index >= 15 is 0 Å². The van der Waals surface area contributed by atoms with Crippen molar-refractivity contribution in [2.24, 2.45) is 5.92 Å². The van der Waals surface area contributed by atoms with E-state index in [1.165, 1.54) is 22.5 Å². The van der Waals surface area contributed by atoms with Crippen LogP contribution in [-0.2, 0) is 12.8 Å². The maximum Gasteiger partial charge on any atom is 0.0484 e. The van der Waals surface area contributed by atoms with Crippen LogP contribution in [0.15, 0.2) is 12.1 Å². The van der Waals surface area contributed by atoms with Gasteiger partial charge in [-0.15, -0.1) is 0 Å². The van der Waals surface area contributed by atoms with Crippen LogP contribution in [0.25, 0.3) is 6.08 Å². The molecule has 1 aromatic rings. The molecular formula is C13H17N. The molecule has 0 N–H and O–H groups in total. The molecule has 14 heavy (non-hydrogen) atoms. The molecule has 0 bridgehead atoms. The van der Waals surface area contributed by atoms with Gasteiger partial charge >= 0.3 is 0 Å². The Balaban J connectivity index is 2.48. The Labute approximate surface area is 85.9 Å². The first-order valence-corrected chi connectivity index (χ1v) is 5.38. The highest BCUT2D eigenvalue weighted by molar-refractivity contribution is 5.56. The molecule has 74 valence electrons. The fourth-order valence-electron chi connectivity index (χ4n) is 2.02. The SMILES string of the molecule is CCc1cc2c(nc1C)CC(C)C=C2. The van der Waals surface area contributed by atoms with Gasteiger partial charge in [0.15, 0.2) is 0 Å². The summed E-state index contributed by atoms with van der Waals surface area (Å²) in [7, 11) is 0. The third-order valence-electron chi connectivity index (χ3n) is 2.93. The van der Waals surface area contributed by atoms with Crippen LogP contribution < -0.4 is 0 Å². The van der Waals surface area contributed by atoms with Crippen molar-refractivity contribution in [3.05, 3.63) is 34.7 Å². The summed E-state index contributed by atoms with van der Waals surface area (Å²) in [5.41, 5.74) is 5.18. The summed E-state index contributed by atoms with van der Waals surface area (Å²) < 4.78 is 0. The zero-order valence-corrected chi connectivity index (χ0v) is 9.17. The first-order chi connectivity index (χ1) is 6.70. The van der Waals surface area contributed by atoms with Crippen molar-refractivity contribution >= 4 is 6.08 Å². The maximum absolute atomic E-state index is 4.68. The van der Waals surface area contributed by atoms with E-state index in [0.717, 1.165) is 12.8 Å². The summed E-state index contributed by atoms with van der Waals surface area (Å²) in [6, 6.07) is 2.29. The summed E-state index contributed by atoms with van der Waals surface area (Å²) >= 11 is 0. The Bertz CT molecular complexity index is 377. The van der Waals surface area contributed by atoms with Gasteiger partial charge in [0.2, 0.25) is 0 Å². The summed E-state index contributed by atoms with van der Waals surface area (Å²) in [6.45, 7) is 6.54. The molecule has 1 aliphatic carbocycles. The molecule has 1 nitrogen and oxygen atoms in total. The van der Waals surface area contributed by atoms with E-state index in [1.807, 2.05) is 0 Å². The monoisotopic (exact) mass is 187 g/mol. The lowest BCUT2D eigenvalue weighted by atomic mass is 9.93. The zero-order chi connectivity index (χ0) is 10.1. The summed E-state index contributed by atoms with van der Waals surface area (Å²) in [4.78, 5) is 4.68. The lowest BCUT2D eigenvalue weighted by Crippen LogP contribution is -2.08. The third-order valence-corrected chi connectivity index (χ3v) is 2.93. The van der Waals surface area contributed by atoms with E-state index in [4.69, 9.17) is 0 Å². The largest absolute Gasteiger partial charge is 0.257 e. The van der Waals surface area contributed by atoms with E-state index in [9.17, 15) is 0 Å². The van der Waals surface area contributed by atoms with Crippen LogP contribution in [0.4, 0.5) is 0 Å². The van der Waals surface area contributed by atoms with Crippen molar-refractivity contribution in [3.63, 3.8) is 0 Å². The number of rotatable bonds is 1. The second-order valence-electron chi connectivity index (χ2n) is 4.16. The number of aryl methyl sites for hydroxylation is 2. The average Bonchev–Trinajstić information content (AvgIpc) is 2.16. The molecule has 0 aromatic carbocycles. The van der Waals surface area contributed by atoms with Gasteiger partial charge in [0.25, 0.3) is 0 Å². The minimum atomic E-state index is 0.641. The van der Waals surface area contributed by atoms with Crippen LogP contribution in [0.2, 0.25) is 0 Å². The van der Waals surface area contributed by atoms with E-state index in [-0.39, 0.29) is 0 Å². The van der Waals surface area contributed by atoms with Crippen LogP contribution in [0.1, 0.15) is 36.4 Å². The van der Waals surface area contributed by atoms with Crippen LogP contribution >= 0.6 is 0 Å². The second-order valence-corrected chi connectivity index (χ2v) is 4.16. The van der Waals surface area contributed by atoms with E-state index in [1.54, 1.807) is 0 Å². The fraction of sp³-hybridized carbons (Fsp3) is 0.462. The number of aromatic nitrogens is 1. The predicted molar refractivity (Wildman–Crippen MR) is 60.3 cm³/mol. The van der Waals surface area contributed by atoms with Crippen molar-refractivity contribution in [2.75, 3.05) is 0 Å². The Morgan fingerprint density at radius 1 is 1.50 bits per heavy atom. The molecular weight excluding hydrogens is 170 g/mol. The van der Waals surface area contributed by atoms with Gasteiger partial charge < -0.3 is 0 Å². The van der Waals surface area contributed by atoms with Crippen molar-refractivity contribution in [1.82, 2.24) is 4.98 Å². The highest BCUT2D eigenvalue weighted by Gasteiger charge is 2.12. The standard InChI is InChI=1S/C13H17N/c1-4-11-8-12-6-5-9(2)7-13(12)14-10(11)3/h5-6,8-9H,4,7H2,1-3H3. The Morgan fingerprint density at radius 3 is 3.00 bits per heavy atom. The Morgan fingerprint density at radius 2 is 2.29 bits per heavy atom. The quantitative estimate of drug-likeness (QED) is 0.658.